The lowest BCUT2D eigenvalue weighted by Crippen LogP contribution is -2.45. The lowest BCUT2D eigenvalue weighted by atomic mass is 9.80. The summed E-state index contributed by atoms with van der Waals surface area (Å²) >= 11 is 3.54. The van der Waals surface area contributed by atoms with Crippen LogP contribution in [-0.2, 0) is 17.0 Å². The van der Waals surface area contributed by atoms with Gasteiger partial charge in [0, 0.05) is 23.7 Å². The molecule has 2 aliphatic rings. The van der Waals surface area contributed by atoms with Gasteiger partial charge in [0.05, 0.1) is 10.3 Å². The van der Waals surface area contributed by atoms with Crippen molar-refractivity contribution in [2.45, 2.75) is 31.9 Å². The number of carboxylic acid groups (broad SMARTS) is 1. The maximum absolute atomic E-state index is 12.6. The van der Waals surface area contributed by atoms with Crippen LogP contribution in [0.1, 0.15) is 39.9 Å². The van der Waals surface area contributed by atoms with Crippen molar-refractivity contribution in [2.75, 3.05) is 18.8 Å². The highest BCUT2D eigenvalue weighted by Gasteiger charge is 2.38. The first-order valence-electron chi connectivity index (χ1n) is 7.22. The van der Waals surface area contributed by atoms with Crippen molar-refractivity contribution in [3.8, 4) is 0 Å². The van der Waals surface area contributed by atoms with Crippen LogP contribution >= 0.6 is 23.1 Å². The van der Waals surface area contributed by atoms with Gasteiger partial charge in [-0.15, -0.1) is 11.3 Å². The standard InChI is InChI=1S/C15H19NO3S2/c1-15(14(18)19)3-5-16(6-4-15)13(17)12-8-10-9-20-7-2-11(10)21-12/h8H,2-7,9H2,1H3,(H,18,19). The van der Waals surface area contributed by atoms with E-state index in [1.54, 1.807) is 18.3 Å². The summed E-state index contributed by atoms with van der Waals surface area (Å²) in [5, 5.41) is 9.25. The Hall–Kier alpha value is -1.01. The molecule has 1 aromatic heterocycles. The molecule has 2 aliphatic heterocycles. The quantitative estimate of drug-likeness (QED) is 0.908. The maximum atomic E-state index is 12.6. The van der Waals surface area contributed by atoms with E-state index in [1.165, 1.54) is 10.4 Å². The van der Waals surface area contributed by atoms with Crippen LogP contribution in [0, 0.1) is 5.41 Å². The molecule has 1 amide bonds. The van der Waals surface area contributed by atoms with E-state index < -0.39 is 11.4 Å². The van der Waals surface area contributed by atoms with Crippen LogP contribution in [0.25, 0.3) is 0 Å². The molecule has 4 nitrogen and oxygen atoms in total. The van der Waals surface area contributed by atoms with Crippen molar-refractivity contribution < 1.29 is 14.7 Å². The van der Waals surface area contributed by atoms with Gasteiger partial charge in [-0.1, -0.05) is 0 Å². The number of piperidine rings is 1. The predicted molar refractivity (Wildman–Crippen MR) is 85.1 cm³/mol. The van der Waals surface area contributed by atoms with Crippen molar-refractivity contribution in [3.63, 3.8) is 0 Å². The van der Waals surface area contributed by atoms with Crippen molar-refractivity contribution in [1.29, 1.82) is 0 Å². The highest BCUT2D eigenvalue weighted by Crippen LogP contribution is 2.35. The maximum Gasteiger partial charge on any atom is 0.309 e. The van der Waals surface area contributed by atoms with Crippen LogP contribution < -0.4 is 0 Å². The number of likely N-dealkylation sites (tertiary alicyclic amines) is 1. The second-order valence-corrected chi connectivity index (χ2v) is 8.26. The summed E-state index contributed by atoms with van der Waals surface area (Å²) in [6.45, 7) is 2.86. The van der Waals surface area contributed by atoms with Gasteiger partial charge in [0.1, 0.15) is 0 Å². The minimum atomic E-state index is -0.752. The normalized spacial score (nSPS) is 20.9. The Morgan fingerprint density at radius 2 is 2.05 bits per heavy atom. The number of thiophene rings is 1. The van der Waals surface area contributed by atoms with Gasteiger partial charge in [-0.3, -0.25) is 9.59 Å². The molecule has 21 heavy (non-hydrogen) atoms. The van der Waals surface area contributed by atoms with Gasteiger partial charge in [0.25, 0.3) is 5.91 Å². The zero-order valence-corrected chi connectivity index (χ0v) is 13.7. The number of fused-ring (bicyclic) bond motifs is 1. The fourth-order valence-corrected chi connectivity index (χ4v) is 5.17. The molecule has 0 aliphatic carbocycles. The number of amides is 1. The van der Waals surface area contributed by atoms with E-state index in [9.17, 15) is 14.7 Å². The molecule has 3 rings (SSSR count). The molecule has 1 aromatic rings. The number of rotatable bonds is 2. The van der Waals surface area contributed by atoms with Crippen molar-refractivity contribution in [3.05, 3.63) is 21.4 Å². The van der Waals surface area contributed by atoms with Gasteiger partial charge in [-0.2, -0.15) is 11.8 Å². The van der Waals surface area contributed by atoms with Crippen molar-refractivity contribution in [1.82, 2.24) is 4.90 Å². The van der Waals surface area contributed by atoms with Crippen LogP contribution in [0.15, 0.2) is 6.07 Å². The molecule has 3 heterocycles. The summed E-state index contributed by atoms with van der Waals surface area (Å²) in [6, 6.07) is 2.04. The van der Waals surface area contributed by atoms with Crippen LogP contribution in [-0.4, -0.2) is 40.7 Å². The molecule has 0 aromatic carbocycles. The van der Waals surface area contributed by atoms with Gasteiger partial charge in [-0.25, -0.2) is 0 Å². The monoisotopic (exact) mass is 325 g/mol. The second-order valence-electron chi connectivity index (χ2n) is 6.02. The molecule has 1 fully saturated rings. The molecule has 6 heteroatoms. The first-order chi connectivity index (χ1) is 9.99. The number of aryl methyl sites for hydroxylation is 1. The number of hydrogen-bond acceptors (Lipinski definition) is 4. The van der Waals surface area contributed by atoms with E-state index >= 15 is 0 Å². The van der Waals surface area contributed by atoms with E-state index in [2.05, 4.69) is 0 Å². The molecule has 0 saturated carbocycles. The number of carboxylic acids is 1. The Morgan fingerprint density at radius 3 is 2.67 bits per heavy atom. The molecule has 0 spiro atoms. The molecule has 0 unspecified atom stereocenters. The van der Waals surface area contributed by atoms with Crippen LogP contribution in [0.3, 0.4) is 0 Å². The summed E-state index contributed by atoms with van der Waals surface area (Å²) in [5.74, 6) is 1.47. The number of carbonyl (C=O) groups excluding carboxylic acids is 1. The van der Waals surface area contributed by atoms with E-state index in [1.807, 2.05) is 22.7 Å². The average molecular weight is 325 g/mol. The largest absolute Gasteiger partial charge is 0.481 e. The Morgan fingerprint density at radius 1 is 1.33 bits per heavy atom. The third-order valence-electron chi connectivity index (χ3n) is 4.51. The first kappa shape index (κ1) is 14.9. The van der Waals surface area contributed by atoms with Gasteiger partial charge in [-0.05, 0) is 43.6 Å². The molecule has 114 valence electrons. The van der Waals surface area contributed by atoms with Gasteiger partial charge in [0.15, 0.2) is 0 Å². The molecule has 1 N–H and O–H groups in total. The topological polar surface area (TPSA) is 57.6 Å². The van der Waals surface area contributed by atoms with E-state index in [0.29, 0.717) is 25.9 Å². The summed E-state index contributed by atoms with van der Waals surface area (Å²) in [4.78, 5) is 27.8. The second kappa shape index (κ2) is 5.65. The lowest BCUT2D eigenvalue weighted by molar-refractivity contribution is -0.150. The number of nitrogens with zero attached hydrogens (tertiary/aromatic N) is 1. The minimum absolute atomic E-state index is 0.0758. The predicted octanol–water partition coefficient (Wildman–Crippen LogP) is 2.86. The molecule has 1 saturated heterocycles. The van der Waals surface area contributed by atoms with E-state index in [-0.39, 0.29) is 5.91 Å². The molecule has 0 atom stereocenters. The van der Waals surface area contributed by atoms with E-state index in [0.717, 1.165) is 22.8 Å². The van der Waals surface area contributed by atoms with Crippen LogP contribution in [0.5, 0.6) is 0 Å². The Kier molecular flexibility index (Phi) is 4.01. The van der Waals surface area contributed by atoms with Crippen LogP contribution in [0.4, 0.5) is 0 Å². The summed E-state index contributed by atoms with van der Waals surface area (Å²) < 4.78 is 0. The third-order valence-corrected chi connectivity index (χ3v) is 6.74. The molecular formula is C15H19NO3S2. The zero-order valence-electron chi connectivity index (χ0n) is 12.1. The van der Waals surface area contributed by atoms with Gasteiger partial charge < -0.3 is 10.0 Å². The first-order valence-corrected chi connectivity index (χ1v) is 9.19. The highest BCUT2D eigenvalue weighted by molar-refractivity contribution is 7.98. The van der Waals surface area contributed by atoms with E-state index in [4.69, 9.17) is 0 Å². The summed E-state index contributed by atoms with van der Waals surface area (Å²) in [7, 11) is 0. The Bertz CT molecular complexity index is 550. The van der Waals surface area contributed by atoms with Gasteiger partial charge >= 0.3 is 5.97 Å². The number of hydrogen-bond donors (Lipinski definition) is 1. The number of carbonyl (C=O) groups is 2. The molecule has 0 radical (unpaired) electrons. The fraction of sp³-hybridized carbons (Fsp3) is 0.600. The van der Waals surface area contributed by atoms with Crippen molar-refractivity contribution >= 4 is 35.0 Å². The molecular weight excluding hydrogens is 306 g/mol. The highest BCUT2D eigenvalue weighted by atomic mass is 32.2. The van der Waals surface area contributed by atoms with Crippen LogP contribution in [0.2, 0.25) is 0 Å². The number of aliphatic carboxylic acids is 1. The summed E-state index contributed by atoms with van der Waals surface area (Å²) in [6.07, 6.45) is 2.14. The summed E-state index contributed by atoms with van der Waals surface area (Å²) in [5.41, 5.74) is 0.634. The van der Waals surface area contributed by atoms with Gasteiger partial charge in [0.2, 0.25) is 0 Å². The fourth-order valence-electron chi connectivity index (χ4n) is 2.83. The zero-order chi connectivity index (χ0) is 15.0. The third kappa shape index (κ3) is 2.83. The smallest absolute Gasteiger partial charge is 0.309 e. The average Bonchev–Trinajstić information content (AvgIpc) is 2.91. The SMILES string of the molecule is CC1(C(=O)O)CCN(C(=O)c2cc3c(s2)CCSC3)CC1. The molecule has 0 bridgehead atoms. The minimum Gasteiger partial charge on any atom is -0.481 e. The van der Waals surface area contributed by atoms with Crippen molar-refractivity contribution in [2.24, 2.45) is 5.41 Å². The lowest BCUT2D eigenvalue weighted by Gasteiger charge is -2.36. The number of thioether (sulfide) groups is 1. The Balaban J connectivity index is 1.69. The Labute approximate surface area is 132 Å².